The van der Waals surface area contributed by atoms with E-state index in [1.807, 2.05) is 44.2 Å². The van der Waals surface area contributed by atoms with Crippen LogP contribution in [0.3, 0.4) is 0 Å². The van der Waals surface area contributed by atoms with E-state index in [0.29, 0.717) is 12.2 Å². The van der Waals surface area contributed by atoms with E-state index in [2.05, 4.69) is 40.3 Å². The van der Waals surface area contributed by atoms with E-state index in [-0.39, 0.29) is 31.2 Å². The van der Waals surface area contributed by atoms with Crippen LogP contribution in [0.4, 0.5) is 11.4 Å². The maximum atomic E-state index is 12.2. The molecule has 35 heavy (non-hydrogen) atoms. The zero-order valence-corrected chi connectivity index (χ0v) is 20.5. The third kappa shape index (κ3) is 6.83. The third-order valence-electron chi connectivity index (χ3n) is 5.41. The predicted octanol–water partition coefficient (Wildman–Crippen LogP) is 3.64. The number of primary amides is 1. The Kier molecular flexibility index (Phi) is 8.86. The summed E-state index contributed by atoms with van der Waals surface area (Å²) in [7, 11) is 0. The second-order valence-corrected chi connectivity index (χ2v) is 8.39. The van der Waals surface area contributed by atoms with Crippen molar-refractivity contribution in [1.29, 1.82) is 0 Å². The molecule has 2 aliphatic rings. The van der Waals surface area contributed by atoms with E-state index in [1.165, 1.54) is 5.56 Å². The van der Waals surface area contributed by atoms with Gasteiger partial charge in [0.1, 0.15) is 0 Å². The number of nitrogens with zero attached hydrogens (tertiary/aromatic N) is 2. The first-order valence-electron chi connectivity index (χ1n) is 11.6. The van der Waals surface area contributed by atoms with Gasteiger partial charge in [-0.15, -0.1) is 0 Å². The van der Waals surface area contributed by atoms with E-state index >= 15 is 0 Å². The molecule has 0 bridgehead atoms. The average molecular weight is 480 g/mol. The largest absolute Gasteiger partial charge is 0.454 e. The van der Waals surface area contributed by atoms with Gasteiger partial charge in [0.2, 0.25) is 18.6 Å². The number of nitrogens with one attached hydrogen (secondary N) is 2. The summed E-state index contributed by atoms with van der Waals surface area (Å²) in [6, 6.07) is 12.0. The number of carbonyl (C=O) groups excluding carboxylic acids is 2. The molecule has 9 nitrogen and oxygen atoms in total. The topological polar surface area (TPSA) is 118 Å². The van der Waals surface area contributed by atoms with E-state index in [0.717, 1.165) is 41.2 Å². The van der Waals surface area contributed by atoms with Gasteiger partial charge in [-0.05, 0) is 42.7 Å². The number of carbonyl (C=O) groups is 2. The Labute approximate surface area is 206 Å². The number of anilines is 2. The standard InChI is InChI=1S/C23H26N4O3.C3H7NO/c1-15(2)25-13-23(28)26-17-8-7-16-5-4-6-20(19(16)11-17)27(24-3)18-9-10-21-22(12-18)30-14-29-21;1-2-3(4)5/h6-12,15,25H,3-5,13-14H2,1-2H3,(H,26,28);2H2,1H3,(H2,4,5). The van der Waals surface area contributed by atoms with Gasteiger partial charge in [-0.2, -0.15) is 5.10 Å². The van der Waals surface area contributed by atoms with Gasteiger partial charge in [0.05, 0.1) is 17.9 Å². The monoisotopic (exact) mass is 479 g/mol. The van der Waals surface area contributed by atoms with Crippen LogP contribution in [0.5, 0.6) is 11.5 Å². The van der Waals surface area contributed by atoms with Crippen LogP contribution in [0.1, 0.15) is 44.7 Å². The van der Waals surface area contributed by atoms with Gasteiger partial charge in [0.25, 0.3) is 0 Å². The number of nitrogens with two attached hydrogens (primary N) is 1. The van der Waals surface area contributed by atoms with Crippen molar-refractivity contribution in [3.05, 3.63) is 53.6 Å². The van der Waals surface area contributed by atoms with Crippen LogP contribution in [0, 0.1) is 0 Å². The molecule has 0 radical (unpaired) electrons. The Morgan fingerprint density at radius 3 is 2.60 bits per heavy atom. The number of hydrazone groups is 1. The van der Waals surface area contributed by atoms with Crippen LogP contribution >= 0.6 is 0 Å². The smallest absolute Gasteiger partial charge is 0.238 e. The minimum Gasteiger partial charge on any atom is -0.454 e. The molecule has 0 unspecified atom stereocenters. The highest BCUT2D eigenvalue weighted by Gasteiger charge is 2.22. The number of fused-ring (bicyclic) bond motifs is 2. The Balaban J connectivity index is 0.000000623. The summed E-state index contributed by atoms with van der Waals surface area (Å²) in [4.78, 5) is 21.8. The van der Waals surface area contributed by atoms with E-state index < -0.39 is 0 Å². The van der Waals surface area contributed by atoms with Crippen molar-refractivity contribution in [3.8, 4) is 11.5 Å². The highest BCUT2D eigenvalue weighted by molar-refractivity contribution is 5.93. The first-order chi connectivity index (χ1) is 16.8. The molecule has 1 aliphatic heterocycles. The summed E-state index contributed by atoms with van der Waals surface area (Å²) in [6.07, 6.45) is 4.44. The molecule has 186 valence electrons. The summed E-state index contributed by atoms with van der Waals surface area (Å²) in [5.74, 6) is 1.10. The van der Waals surface area contributed by atoms with E-state index in [4.69, 9.17) is 9.47 Å². The lowest BCUT2D eigenvalue weighted by molar-refractivity contribution is -0.117. The normalized spacial score (nSPS) is 13.2. The molecule has 2 aromatic carbocycles. The first kappa shape index (κ1) is 25.8. The summed E-state index contributed by atoms with van der Waals surface area (Å²) in [5, 5.41) is 12.2. The van der Waals surface area contributed by atoms with Gasteiger partial charge in [-0.1, -0.05) is 32.9 Å². The Bertz CT molecular complexity index is 1110. The van der Waals surface area contributed by atoms with Crippen molar-refractivity contribution < 1.29 is 19.1 Å². The van der Waals surface area contributed by atoms with E-state index in [9.17, 15) is 9.59 Å². The fourth-order valence-corrected chi connectivity index (χ4v) is 3.60. The molecule has 1 aliphatic carbocycles. The first-order valence-corrected chi connectivity index (χ1v) is 11.6. The minimum absolute atomic E-state index is 0.0699. The molecule has 0 fully saturated rings. The quantitative estimate of drug-likeness (QED) is 0.393. The molecule has 0 aromatic heterocycles. The molecule has 1 heterocycles. The van der Waals surface area contributed by atoms with Crippen LogP contribution in [-0.2, 0) is 16.0 Å². The number of ether oxygens (including phenoxy) is 2. The molecule has 2 amide bonds. The second kappa shape index (κ2) is 12.0. The van der Waals surface area contributed by atoms with Crippen LogP contribution < -0.4 is 30.8 Å². The van der Waals surface area contributed by atoms with Gasteiger partial charge < -0.3 is 25.8 Å². The zero-order chi connectivity index (χ0) is 25.4. The maximum Gasteiger partial charge on any atom is 0.238 e. The average Bonchev–Trinajstić information content (AvgIpc) is 3.32. The third-order valence-corrected chi connectivity index (χ3v) is 5.41. The molecule has 0 saturated heterocycles. The molecule has 0 spiro atoms. The van der Waals surface area contributed by atoms with Crippen molar-refractivity contribution in [1.82, 2.24) is 5.32 Å². The lowest BCUT2D eigenvalue weighted by Crippen LogP contribution is -2.32. The number of rotatable bonds is 8. The molecule has 4 N–H and O–H groups in total. The lowest BCUT2D eigenvalue weighted by Gasteiger charge is -2.27. The Hall–Kier alpha value is -3.85. The lowest BCUT2D eigenvalue weighted by atomic mass is 9.93. The summed E-state index contributed by atoms with van der Waals surface area (Å²) in [5.41, 5.74) is 9.42. The van der Waals surface area contributed by atoms with Gasteiger partial charge in [0, 0.05) is 36.5 Å². The molecule has 4 rings (SSSR count). The summed E-state index contributed by atoms with van der Waals surface area (Å²) >= 11 is 0. The predicted molar refractivity (Wildman–Crippen MR) is 139 cm³/mol. The van der Waals surface area contributed by atoms with E-state index in [1.54, 1.807) is 11.9 Å². The van der Waals surface area contributed by atoms with Crippen molar-refractivity contribution in [2.75, 3.05) is 23.7 Å². The molecule has 0 atom stereocenters. The van der Waals surface area contributed by atoms with Crippen molar-refractivity contribution >= 4 is 35.6 Å². The van der Waals surface area contributed by atoms with Crippen LogP contribution in [0.25, 0.3) is 5.70 Å². The highest BCUT2D eigenvalue weighted by atomic mass is 16.7. The van der Waals surface area contributed by atoms with Crippen molar-refractivity contribution in [2.45, 2.75) is 46.1 Å². The van der Waals surface area contributed by atoms with Crippen molar-refractivity contribution in [2.24, 2.45) is 10.8 Å². The Morgan fingerprint density at radius 2 is 1.91 bits per heavy atom. The minimum atomic E-state index is -0.245. The molecule has 2 aromatic rings. The highest BCUT2D eigenvalue weighted by Crippen LogP contribution is 2.39. The molecular formula is C26H33N5O4. The SMILES string of the molecule is C=NN(C1=CCCc2ccc(NC(=O)CNC(C)C)cc21)c1ccc2c(c1)OCO2.CCC(N)=O. The molecule has 9 heteroatoms. The second-order valence-electron chi connectivity index (χ2n) is 8.39. The molecule has 0 saturated carbocycles. The maximum absolute atomic E-state index is 12.2. The Morgan fingerprint density at radius 1 is 1.17 bits per heavy atom. The number of hydrogen-bond acceptors (Lipinski definition) is 7. The number of allylic oxidation sites excluding steroid dienone is 1. The van der Waals surface area contributed by atoms with Gasteiger partial charge >= 0.3 is 0 Å². The van der Waals surface area contributed by atoms with Gasteiger partial charge in [-0.3, -0.25) is 9.59 Å². The number of hydrogen-bond donors (Lipinski definition) is 3. The van der Waals surface area contributed by atoms with Crippen LogP contribution in [0.2, 0.25) is 0 Å². The van der Waals surface area contributed by atoms with Crippen LogP contribution in [-0.4, -0.2) is 37.9 Å². The van der Waals surface area contributed by atoms with Gasteiger partial charge in [0.15, 0.2) is 11.5 Å². The van der Waals surface area contributed by atoms with Gasteiger partial charge in [-0.25, -0.2) is 5.01 Å². The van der Waals surface area contributed by atoms with Crippen molar-refractivity contribution in [3.63, 3.8) is 0 Å². The summed E-state index contributed by atoms with van der Waals surface area (Å²) < 4.78 is 10.9. The summed E-state index contributed by atoms with van der Waals surface area (Å²) in [6.45, 7) is 10.0. The molecular weight excluding hydrogens is 446 g/mol. The fraction of sp³-hybridized carbons (Fsp3) is 0.346. The van der Waals surface area contributed by atoms with Crippen LogP contribution in [0.15, 0.2) is 47.6 Å². The number of aryl methyl sites for hydroxylation is 1. The fourth-order valence-electron chi connectivity index (χ4n) is 3.60. The number of amides is 2. The zero-order valence-electron chi connectivity index (χ0n) is 20.5. The number of benzene rings is 2.